The largest absolute Gasteiger partial charge is 0.503 e. The number of carboxylic acids is 1. The van der Waals surface area contributed by atoms with Crippen molar-refractivity contribution in [1.29, 1.82) is 0 Å². The summed E-state index contributed by atoms with van der Waals surface area (Å²) in [6, 6.07) is 1.50. The first kappa shape index (κ1) is 30.8. The van der Waals surface area contributed by atoms with Crippen LogP contribution in [0.4, 0.5) is 0 Å². The number of amides is 4. The van der Waals surface area contributed by atoms with Gasteiger partial charge in [0.05, 0.1) is 28.9 Å². The van der Waals surface area contributed by atoms with Crippen LogP contribution in [-0.4, -0.2) is 78.5 Å². The maximum Gasteiger partial charge on any atom is 0.303 e. The van der Waals surface area contributed by atoms with Gasteiger partial charge in [-0.1, -0.05) is 27.6 Å². The van der Waals surface area contributed by atoms with Gasteiger partial charge in [-0.25, -0.2) is 0 Å². The Hall–Kier alpha value is -1.67. The number of phenolic OH excluding ortho intramolecular Hbond substituents is 1. The fourth-order valence-corrected chi connectivity index (χ4v) is 9.12. The zero-order valence-corrected chi connectivity index (χ0v) is 27.6. The average molecular weight is 802 g/mol. The van der Waals surface area contributed by atoms with Crippen LogP contribution in [0.25, 0.3) is 0 Å². The lowest BCUT2D eigenvalue weighted by atomic mass is 9.56. The Morgan fingerprint density at radius 2 is 1.78 bits per heavy atom. The molecule has 1 saturated carbocycles. The van der Waals surface area contributed by atoms with Gasteiger partial charge in [-0.3, -0.25) is 33.8 Å². The molecule has 220 valence electrons. The van der Waals surface area contributed by atoms with E-state index in [1.165, 1.54) is 13.2 Å². The predicted molar refractivity (Wildman–Crippen MR) is 157 cm³/mol. The van der Waals surface area contributed by atoms with E-state index in [0.29, 0.717) is 15.6 Å². The third kappa shape index (κ3) is 4.23. The Kier molecular flexibility index (Phi) is 8.11. The highest BCUT2D eigenvalue weighted by Gasteiger charge is 2.76. The summed E-state index contributed by atoms with van der Waals surface area (Å²) in [5, 5.41) is 19.6. The number of aliphatic carboxylic acids is 1. The number of carbonyl (C=O) groups is 5. The van der Waals surface area contributed by atoms with E-state index in [0.717, 1.165) is 9.80 Å². The van der Waals surface area contributed by atoms with E-state index < -0.39 is 63.0 Å². The van der Waals surface area contributed by atoms with E-state index in [4.69, 9.17) is 33.0 Å². The van der Waals surface area contributed by atoms with Crippen LogP contribution in [0.3, 0.4) is 0 Å². The molecular weight excluding hydrogens is 779 g/mol. The minimum absolute atomic E-state index is 0.0453. The van der Waals surface area contributed by atoms with E-state index in [1.807, 2.05) is 0 Å². The summed E-state index contributed by atoms with van der Waals surface area (Å²) >= 11 is 24.5. The Balaban J connectivity index is 1.69. The predicted octanol–water partition coefficient (Wildman–Crippen LogP) is 4.50. The van der Waals surface area contributed by atoms with Crippen molar-refractivity contribution in [3.63, 3.8) is 0 Å². The van der Waals surface area contributed by atoms with E-state index in [-0.39, 0.29) is 53.7 Å². The Morgan fingerprint density at radius 3 is 2.39 bits per heavy atom. The summed E-state index contributed by atoms with van der Waals surface area (Å²) in [6.45, 7) is -0.0453. The van der Waals surface area contributed by atoms with Crippen molar-refractivity contribution in [2.75, 3.05) is 19.1 Å². The highest BCUT2D eigenvalue weighted by atomic mass is 79.9. The molecule has 0 aromatic heterocycles. The van der Waals surface area contributed by atoms with Crippen molar-refractivity contribution in [3.05, 3.63) is 32.2 Å². The number of rotatable bonds is 7. The fraction of sp³-hybridized carbons (Fsp3) is 0.500. The highest BCUT2D eigenvalue weighted by Crippen LogP contribution is 2.66. The number of alkyl halides is 3. The quantitative estimate of drug-likeness (QED) is 0.178. The number of imide groups is 2. The van der Waals surface area contributed by atoms with Crippen LogP contribution in [0, 0.1) is 17.8 Å². The molecule has 2 saturated heterocycles. The molecule has 0 unspecified atom stereocenters. The van der Waals surface area contributed by atoms with Crippen LogP contribution in [0.5, 0.6) is 11.5 Å². The molecule has 1 aromatic rings. The smallest absolute Gasteiger partial charge is 0.303 e. The van der Waals surface area contributed by atoms with Crippen LogP contribution in [-0.2, 0) is 24.0 Å². The molecule has 2 N–H and O–H groups in total. The number of nitrogens with zero attached hydrogens (tertiary/aromatic N) is 2. The molecule has 3 fully saturated rings. The second-order valence-corrected chi connectivity index (χ2v) is 13.8. The molecule has 0 radical (unpaired) electrons. The van der Waals surface area contributed by atoms with Gasteiger partial charge in [-0.2, -0.15) is 0 Å². The average Bonchev–Trinajstić information content (AvgIpc) is 3.25. The minimum Gasteiger partial charge on any atom is -0.503 e. The number of fused-ring (bicyclic) bond motifs is 4. The van der Waals surface area contributed by atoms with Crippen molar-refractivity contribution >= 4 is 101 Å². The molecule has 5 rings (SSSR count). The molecule has 6 atom stereocenters. The molecular formula is C26H23Br3Cl2N2O8. The number of allylic oxidation sites excluding steroid dienone is 2. The Morgan fingerprint density at radius 1 is 1.10 bits per heavy atom. The molecule has 1 aromatic carbocycles. The normalized spacial score (nSPS) is 32.6. The zero-order chi connectivity index (χ0) is 30.2. The first-order chi connectivity index (χ1) is 19.3. The molecule has 4 amide bonds. The van der Waals surface area contributed by atoms with Crippen molar-refractivity contribution < 1.29 is 38.9 Å². The van der Waals surface area contributed by atoms with Crippen LogP contribution in [0.15, 0.2) is 26.7 Å². The number of halogens is 5. The van der Waals surface area contributed by atoms with Gasteiger partial charge in [-0.05, 0) is 68.7 Å². The van der Waals surface area contributed by atoms with E-state index in [1.54, 1.807) is 6.08 Å². The zero-order valence-electron chi connectivity index (χ0n) is 21.3. The van der Waals surface area contributed by atoms with Crippen molar-refractivity contribution in [2.45, 2.75) is 41.3 Å². The van der Waals surface area contributed by atoms with Gasteiger partial charge in [0, 0.05) is 23.4 Å². The second-order valence-electron chi connectivity index (χ2n) is 10.5. The lowest BCUT2D eigenvalue weighted by molar-refractivity contribution is -0.142. The Labute approximate surface area is 269 Å². The summed E-state index contributed by atoms with van der Waals surface area (Å²) in [5.41, 5.74) is 0.798. The molecule has 2 aliphatic carbocycles. The molecule has 0 spiro atoms. The summed E-state index contributed by atoms with van der Waals surface area (Å²) in [7, 11) is 1.36. The van der Waals surface area contributed by atoms with Crippen molar-refractivity contribution in [1.82, 2.24) is 9.80 Å². The first-order valence-corrected chi connectivity index (χ1v) is 16.0. The van der Waals surface area contributed by atoms with Gasteiger partial charge in [0.2, 0.25) is 11.8 Å². The van der Waals surface area contributed by atoms with Crippen LogP contribution < -0.4 is 4.74 Å². The standard InChI is InChI=1S/C26H23Br3Cl2N2O8/c1-41-14-7-12(18(28)19(29)20(14)36)17-10-4-5-11-16(22(38)32(21(11)37)6-2-3-15(34)35)13(10)8-25(30)23(39)33(9-27)24(40)26(17,25)31/h4,7,11,13,16-17,36H,2-3,5-6,8-9H2,1H3,(H,34,35)/t11-,13+,16-,17+,25+,26-/m0/s1. The number of ether oxygens (including phenoxy) is 1. The van der Waals surface area contributed by atoms with Crippen molar-refractivity contribution in [3.8, 4) is 11.5 Å². The lowest BCUT2D eigenvalue weighted by Crippen LogP contribution is -2.60. The number of hydrogen-bond acceptors (Lipinski definition) is 7. The van der Waals surface area contributed by atoms with Gasteiger partial charge < -0.3 is 14.9 Å². The van der Waals surface area contributed by atoms with Gasteiger partial charge in [0.15, 0.2) is 21.2 Å². The molecule has 2 aliphatic heterocycles. The number of phenols is 1. The fourth-order valence-electron chi connectivity index (χ4n) is 6.75. The maximum atomic E-state index is 13.9. The molecule has 10 nitrogen and oxygen atoms in total. The molecule has 0 bridgehead atoms. The number of carboxylic acid groups (broad SMARTS) is 1. The summed E-state index contributed by atoms with van der Waals surface area (Å²) < 4.78 is 5.92. The SMILES string of the molecule is COc1cc([C@H]2C3=CC[C@@H]4C(=O)N(CCCC(=O)O)C(=O)[C@@H]4[C@@H]3C[C@@]3(Cl)C(=O)N(CBr)C(=O)[C@@]23Cl)c(Br)c(Br)c1O. The maximum absolute atomic E-state index is 13.9. The van der Waals surface area contributed by atoms with Crippen molar-refractivity contribution in [2.24, 2.45) is 17.8 Å². The topological polar surface area (TPSA) is 142 Å². The van der Waals surface area contributed by atoms with Crippen LogP contribution in [0.2, 0.25) is 0 Å². The molecule has 15 heteroatoms. The van der Waals surface area contributed by atoms with E-state index >= 15 is 0 Å². The van der Waals surface area contributed by atoms with Gasteiger partial charge >= 0.3 is 5.97 Å². The highest BCUT2D eigenvalue weighted by molar-refractivity contribution is 9.13. The summed E-state index contributed by atoms with van der Waals surface area (Å²) in [4.78, 5) is 63.8. The molecule has 4 aliphatic rings. The van der Waals surface area contributed by atoms with Crippen LogP contribution >= 0.6 is 71.0 Å². The number of likely N-dealkylation sites (tertiary alicyclic amines) is 2. The van der Waals surface area contributed by atoms with Gasteiger partial charge in [0.1, 0.15) is 0 Å². The van der Waals surface area contributed by atoms with Gasteiger partial charge in [-0.15, -0.1) is 23.2 Å². The molecule has 41 heavy (non-hydrogen) atoms. The monoisotopic (exact) mass is 798 g/mol. The minimum atomic E-state index is -2.02. The summed E-state index contributed by atoms with van der Waals surface area (Å²) in [6.07, 6.45) is 1.69. The van der Waals surface area contributed by atoms with E-state index in [2.05, 4.69) is 47.8 Å². The third-order valence-corrected chi connectivity index (χ3v) is 12.7. The molecule has 2 heterocycles. The first-order valence-electron chi connectivity index (χ1n) is 12.6. The number of methoxy groups -OCH3 is 1. The summed E-state index contributed by atoms with van der Waals surface area (Å²) in [5.74, 6) is -6.91. The number of benzene rings is 1. The third-order valence-electron chi connectivity index (χ3n) is 8.58. The Bertz CT molecular complexity index is 1440. The number of hydrogen-bond donors (Lipinski definition) is 2. The second kappa shape index (κ2) is 10.8. The lowest BCUT2D eigenvalue weighted by Gasteiger charge is -2.51. The number of carbonyl (C=O) groups excluding carboxylic acids is 4. The van der Waals surface area contributed by atoms with E-state index in [9.17, 15) is 29.1 Å². The van der Waals surface area contributed by atoms with Gasteiger partial charge in [0.25, 0.3) is 11.8 Å². The van der Waals surface area contributed by atoms with Crippen LogP contribution in [0.1, 0.15) is 37.2 Å². The number of aromatic hydroxyl groups is 1.